The zero-order valence-corrected chi connectivity index (χ0v) is 16.1. The number of imidazole rings is 1. The highest BCUT2D eigenvalue weighted by Crippen LogP contribution is 2.22. The lowest BCUT2D eigenvalue weighted by atomic mass is 10.1. The molecule has 0 radical (unpaired) electrons. The predicted molar refractivity (Wildman–Crippen MR) is 112 cm³/mol. The van der Waals surface area contributed by atoms with E-state index in [1.807, 2.05) is 74.5 Å². The zero-order chi connectivity index (χ0) is 19.5. The van der Waals surface area contributed by atoms with Gasteiger partial charge in [0.15, 0.2) is 0 Å². The molecule has 1 unspecified atom stereocenters. The Balaban J connectivity index is 1.67. The van der Waals surface area contributed by atoms with Crippen molar-refractivity contribution in [3.63, 3.8) is 0 Å². The van der Waals surface area contributed by atoms with Crippen LogP contribution in [0.15, 0.2) is 78.9 Å². The lowest BCUT2D eigenvalue weighted by Crippen LogP contribution is -2.28. The van der Waals surface area contributed by atoms with Gasteiger partial charge in [0.05, 0.1) is 17.1 Å². The van der Waals surface area contributed by atoms with Crippen LogP contribution in [0.4, 0.5) is 0 Å². The first-order valence-electron chi connectivity index (χ1n) is 9.48. The molecule has 0 aliphatic rings. The minimum absolute atomic E-state index is 0.0884. The highest BCUT2D eigenvalue weighted by atomic mass is 16.1. The van der Waals surface area contributed by atoms with Crippen molar-refractivity contribution in [1.29, 1.82) is 0 Å². The quantitative estimate of drug-likeness (QED) is 0.545. The van der Waals surface area contributed by atoms with Crippen molar-refractivity contribution in [1.82, 2.24) is 14.9 Å². The number of nitrogens with zero attached hydrogens (tertiary/aromatic N) is 2. The Kier molecular flexibility index (Phi) is 4.94. The SMILES string of the molecule is Cc1cccc(C(=O)NC(C)c2nc3ccccc3n2Cc2ccccc2)c1. The molecule has 0 aliphatic carbocycles. The van der Waals surface area contributed by atoms with E-state index < -0.39 is 0 Å². The van der Waals surface area contributed by atoms with Crippen molar-refractivity contribution in [2.45, 2.75) is 26.4 Å². The van der Waals surface area contributed by atoms with Crippen LogP contribution in [0.2, 0.25) is 0 Å². The molecule has 0 saturated heterocycles. The van der Waals surface area contributed by atoms with E-state index in [1.54, 1.807) is 0 Å². The van der Waals surface area contributed by atoms with Gasteiger partial charge in [-0.2, -0.15) is 0 Å². The van der Waals surface area contributed by atoms with Gasteiger partial charge in [-0.1, -0.05) is 60.2 Å². The van der Waals surface area contributed by atoms with Crippen LogP contribution in [0, 0.1) is 6.92 Å². The van der Waals surface area contributed by atoms with Crippen LogP contribution in [-0.2, 0) is 6.54 Å². The molecule has 28 heavy (non-hydrogen) atoms. The molecule has 3 aromatic carbocycles. The van der Waals surface area contributed by atoms with E-state index in [1.165, 1.54) is 5.56 Å². The Hall–Kier alpha value is -3.40. The van der Waals surface area contributed by atoms with E-state index in [4.69, 9.17) is 4.98 Å². The molecule has 4 rings (SSSR count). The van der Waals surface area contributed by atoms with Crippen molar-refractivity contribution in [3.05, 3.63) is 101 Å². The van der Waals surface area contributed by atoms with Gasteiger partial charge in [0.1, 0.15) is 5.82 Å². The lowest BCUT2D eigenvalue weighted by Gasteiger charge is -2.17. The van der Waals surface area contributed by atoms with Crippen LogP contribution in [0.5, 0.6) is 0 Å². The summed E-state index contributed by atoms with van der Waals surface area (Å²) < 4.78 is 2.19. The summed E-state index contributed by atoms with van der Waals surface area (Å²) in [6.07, 6.45) is 0. The number of para-hydroxylation sites is 2. The fraction of sp³-hybridized carbons (Fsp3) is 0.167. The molecule has 1 atom stereocenters. The molecule has 4 heteroatoms. The molecular formula is C24H23N3O. The van der Waals surface area contributed by atoms with Crippen LogP contribution in [0.3, 0.4) is 0 Å². The molecule has 0 fully saturated rings. The van der Waals surface area contributed by atoms with E-state index >= 15 is 0 Å². The molecule has 0 aliphatic heterocycles. The van der Waals surface area contributed by atoms with Gasteiger partial charge < -0.3 is 9.88 Å². The number of hydrogen-bond donors (Lipinski definition) is 1. The largest absolute Gasteiger partial charge is 0.342 e. The third-order valence-electron chi connectivity index (χ3n) is 4.88. The number of hydrogen-bond acceptors (Lipinski definition) is 2. The number of aryl methyl sites for hydroxylation is 1. The fourth-order valence-corrected chi connectivity index (χ4v) is 3.49. The molecule has 1 aromatic heterocycles. The van der Waals surface area contributed by atoms with E-state index in [2.05, 4.69) is 28.1 Å². The maximum Gasteiger partial charge on any atom is 0.251 e. The summed E-state index contributed by atoms with van der Waals surface area (Å²) in [6.45, 7) is 4.68. The summed E-state index contributed by atoms with van der Waals surface area (Å²) in [5.41, 5.74) is 4.93. The van der Waals surface area contributed by atoms with Gasteiger partial charge in [-0.25, -0.2) is 4.98 Å². The molecule has 4 aromatic rings. The second-order valence-corrected chi connectivity index (χ2v) is 7.10. The van der Waals surface area contributed by atoms with Gasteiger partial charge >= 0.3 is 0 Å². The number of nitrogens with one attached hydrogen (secondary N) is 1. The van der Waals surface area contributed by atoms with Gasteiger partial charge in [-0.15, -0.1) is 0 Å². The first kappa shape index (κ1) is 18.0. The maximum atomic E-state index is 12.7. The number of fused-ring (bicyclic) bond motifs is 1. The summed E-state index contributed by atoms with van der Waals surface area (Å²) in [7, 11) is 0. The topological polar surface area (TPSA) is 46.9 Å². The molecule has 0 spiro atoms. The minimum atomic E-state index is -0.218. The third-order valence-corrected chi connectivity index (χ3v) is 4.88. The average Bonchev–Trinajstić information content (AvgIpc) is 3.07. The number of benzene rings is 3. The first-order chi connectivity index (χ1) is 13.6. The number of aromatic nitrogens is 2. The van der Waals surface area contributed by atoms with Gasteiger partial charge in [0.2, 0.25) is 0 Å². The highest BCUT2D eigenvalue weighted by Gasteiger charge is 2.19. The van der Waals surface area contributed by atoms with Crippen molar-refractivity contribution in [2.24, 2.45) is 0 Å². The normalized spacial score (nSPS) is 12.1. The second-order valence-electron chi connectivity index (χ2n) is 7.10. The van der Waals surface area contributed by atoms with Crippen LogP contribution in [-0.4, -0.2) is 15.5 Å². The number of carbonyl (C=O) groups is 1. The molecule has 140 valence electrons. The van der Waals surface area contributed by atoms with Crippen molar-refractivity contribution in [2.75, 3.05) is 0 Å². The van der Waals surface area contributed by atoms with Gasteiger partial charge in [0, 0.05) is 12.1 Å². The monoisotopic (exact) mass is 369 g/mol. The van der Waals surface area contributed by atoms with E-state index in [0.717, 1.165) is 22.4 Å². The Morgan fingerprint density at radius 3 is 2.54 bits per heavy atom. The third kappa shape index (κ3) is 3.67. The smallest absolute Gasteiger partial charge is 0.251 e. The van der Waals surface area contributed by atoms with Crippen LogP contribution in [0.1, 0.15) is 40.3 Å². The van der Waals surface area contributed by atoms with Crippen LogP contribution in [0.25, 0.3) is 11.0 Å². The maximum absolute atomic E-state index is 12.7. The summed E-state index contributed by atoms with van der Waals surface area (Å²) in [5, 5.41) is 3.10. The summed E-state index contributed by atoms with van der Waals surface area (Å²) in [5.74, 6) is 0.764. The predicted octanol–water partition coefficient (Wildman–Crippen LogP) is 4.88. The van der Waals surface area contributed by atoms with Gasteiger partial charge in [-0.05, 0) is 43.7 Å². The summed E-state index contributed by atoms with van der Waals surface area (Å²) in [6, 6.07) is 25.8. The Labute approximate surface area is 164 Å². The average molecular weight is 369 g/mol. The van der Waals surface area contributed by atoms with Gasteiger partial charge in [0.25, 0.3) is 5.91 Å². The Morgan fingerprint density at radius 2 is 1.75 bits per heavy atom. The summed E-state index contributed by atoms with van der Waals surface area (Å²) in [4.78, 5) is 17.5. The van der Waals surface area contributed by atoms with Crippen LogP contribution < -0.4 is 5.32 Å². The fourth-order valence-electron chi connectivity index (χ4n) is 3.49. The lowest BCUT2D eigenvalue weighted by molar-refractivity contribution is 0.0937. The molecule has 0 bridgehead atoms. The standard InChI is InChI=1S/C24H23N3O/c1-17-9-8-12-20(15-17)24(28)25-18(2)23-26-21-13-6-7-14-22(21)27(23)16-19-10-4-3-5-11-19/h3-15,18H,16H2,1-2H3,(H,25,28). The highest BCUT2D eigenvalue weighted by molar-refractivity contribution is 5.94. The number of amides is 1. The Morgan fingerprint density at radius 1 is 1.00 bits per heavy atom. The zero-order valence-electron chi connectivity index (χ0n) is 16.1. The molecule has 1 heterocycles. The van der Waals surface area contributed by atoms with Gasteiger partial charge in [-0.3, -0.25) is 4.79 Å². The minimum Gasteiger partial charge on any atom is -0.342 e. The van der Waals surface area contributed by atoms with E-state index in [9.17, 15) is 4.79 Å². The second kappa shape index (κ2) is 7.69. The summed E-state index contributed by atoms with van der Waals surface area (Å²) >= 11 is 0. The molecular weight excluding hydrogens is 346 g/mol. The number of carbonyl (C=O) groups excluding carboxylic acids is 1. The Bertz CT molecular complexity index is 1120. The van der Waals surface area contributed by atoms with Crippen molar-refractivity contribution >= 4 is 16.9 Å². The first-order valence-corrected chi connectivity index (χ1v) is 9.48. The van der Waals surface area contributed by atoms with Crippen molar-refractivity contribution in [3.8, 4) is 0 Å². The van der Waals surface area contributed by atoms with Crippen LogP contribution >= 0.6 is 0 Å². The molecule has 0 saturated carbocycles. The molecule has 1 N–H and O–H groups in total. The van der Waals surface area contributed by atoms with E-state index in [0.29, 0.717) is 12.1 Å². The van der Waals surface area contributed by atoms with Crippen molar-refractivity contribution < 1.29 is 4.79 Å². The molecule has 1 amide bonds. The molecule has 4 nitrogen and oxygen atoms in total. The van der Waals surface area contributed by atoms with E-state index in [-0.39, 0.29) is 11.9 Å². The number of rotatable bonds is 5.